The molecule has 0 amide bonds. The van der Waals surface area contributed by atoms with Crippen LogP contribution in [0.3, 0.4) is 0 Å². The summed E-state index contributed by atoms with van der Waals surface area (Å²) in [6.45, 7) is 3.38. The lowest BCUT2D eigenvalue weighted by Crippen LogP contribution is -2.12. The van der Waals surface area contributed by atoms with E-state index in [1.54, 1.807) is 0 Å². The molecule has 15 heavy (non-hydrogen) atoms. The monoisotopic (exact) mass is 226 g/mol. The van der Waals surface area contributed by atoms with Gasteiger partial charge in [-0.3, -0.25) is 0 Å². The van der Waals surface area contributed by atoms with Crippen molar-refractivity contribution in [3.05, 3.63) is 34.3 Å². The minimum Gasteiger partial charge on any atom is -0.388 e. The molecule has 0 radical (unpaired) electrons. The summed E-state index contributed by atoms with van der Waals surface area (Å²) in [5.74, 6) is 0.211. The highest BCUT2D eigenvalue weighted by Crippen LogP contribution is 2.30. The zero-order valence-electron chi connectivity index (χ0n) is 8.74. The second kappa shape index (κ2) is 4.52. The van der Waals surface area contributed by atoms with Gasteiger partial charge in [-0.25, -0.2) is 0 Å². The minimum absolute atomic E-state index is 0.211. The summed E-state index contributed by atoms with van der Waals surface area (Å²) in [7, 11) is 0. The first-order valence-corrected chi connectivity index (χ1v) is 5.57. The Hall–Kier alpha value is -0.570. The van der Waals surface area contributed by atoms with E-state index in [0.29, 0.717) is 11.6 Å². The molecular formula is C12H15ClO2. The topological polar surface area (TPSA) is 29.5 Å². The predicted octanol–water partition coefficient (Wildman–Crippen LogP) is 2.72. The molecule has 1 aliphatic rings. The molecule has 82 valence electrons. The van der Waals surface area contributed by atoms with Gasteiger partial charge in [-0.15, -0.1) is 0 Å². The Balaban J connectivity index is 2.20. The van der Waals surface area contributed by atoms with Crippen molar-refractivity contribution < 1.29 is 9.84 Å². The Bertz CT molecular complexity index is 325. The highest BCUT2D eigenvalue weighted by atomic mass is 35.5. The van der Waals surface area contributed by atoms with Crippen LogP contribution < -0.4 is 0 Å². The van der Waals surface area contributed by atoms with Crippen LogP contribution in [-0.2, 0) is 4.74 Å². The zero-order chi connectivity index (χ0) is 10.8. The second-order valence-electron chi connectivity index (χ2n) is 4.13. The fourth-order valence-electron chi connectivity index (χ4n) is 2.01. The van der Waals surface area contributed by atoms with Crippen LogP contribution in [0.25, 0.3) is 0 Å². The molecule has 0 bridgehead atoms. The molecule has 2 nitrogen and oxygen atoms in total. The SMILES string of the molecule is Cc1cc(Cl)cc(C(O)C2CCOC2)c1. The summed E-state index contributed by atoms with van der Waals surface area (Å²) in [5, 5.41) is 10.8. The molecule has 2 atom stereocenters. The Labute approximate surface area is 94.8 Å². The van der Waals surface area contributed by atoms with E-state index in [2.05, 4.69) is 0 Å². The molecule has 1 heterocycles. The molecule has 3 heteroatoms. The summed E-state index contributed by atoms with van der Waals surface area (Å²) in [6.07, 6.45) is 0.470. The van der Waals surface area contributed by atoms with E-state index in [4.69, 9.17) is 16.3 Å². The molecule has 1 aliphatic heterocycles. The third kappa shape index (κ3) is 2.51. The summed E-state index contributed by atoms with van der Waals surface area (Å²) in [6, 6.07) is 5.70. The van der Waals surface area contributed by atoms with E-state index in [-0.39, 0.29) is 5.92 Å². The van der Waals surface area contributed by atoms with Crippen LogP contribution in [0.1, 0.15) is 23.7 Å². The smallest absolute Gasteiger partial charge is 0.0841 e. The summed E-state index contributed by atoms with van der Waals surface area (Å²) in [5.41, 5.74) is 1.98. The molecule has 1 aromatic rings. The molecule has 0 spiro atoms. The Morgan fingerprint density at radius 1 is 1.47 bits per heavy atom. The third-order valence-corrected chi connectivity index (χ3v) is 3.04. The molecule has 1 N–H and O–H groups in total. The molecule has 2 unspecified atom stereocenters. The zero-order valence-corrected chi connectivity index (χ0v) is 9.50. The second-order valence-corrected chi connectivity index (χ2v) is 4.57. The van der Waals surface area contributed by atoms with E-state index in [1.165, 1.54) is 0 Å². The Morgan fingerprint density at radius 3 is 2.87 bits per heavy atom. The van der Waals surface area contributed by atoms with E-state index in [0.717, 1.165) is 24.2 Å². The number of ether oxygens (including phenoxy) is 1. The van der Waals surface area contributed by atoms with E-state index in [9.17, 15) is 5.11 Å². The number of benzene rings is 1. The first-order chi connectivity index (χ1) is 7.16. The molecule has 1 aromatic carbocycles. The standard InChI is InChI=1S/C12H15ClO2/c1-8-4-10(6-11(13)5-8)12(14)9-2-3-15-7-9/h4-6,9,12,14H,2-3,7H2,1H3. The Morgan fingerprint density at radius 2 is 2.27 bits per heavy atom. The van der Waals surface area contributed by atoms with Gasteiger partial charge in [0.1, 0.15) is 0 Å². The molecule has 0 aliphatic carbocycles. The maximum absolute atomic E-state index is 10.1. The highest BCUT2D eigenvalue weighted by Gasteiger charge is 2.25. The highest BCUT2D eigenvalue weighted by molar-refractivity contribution is 6.30. The quantitative estimate of drug-likeness (QED) is 0.840. The van der Waals surface area contributed by atoms with Gasteiger partial charge >= 0.3 is 0 Å². The van der Waals surface area contributed by atoms with Crippen LogP contribution in [0.4, 0.5) is 0 Å². The lowest BCUT2D eigenvalue weighted by Gasteiger charge is -2.17. The van der Waals surface area contributed by atoms with Gasteiger partial charge in [0.25, 0.3) is 0 Å². The van der Waals surface area contributed by atoms with Crippen LogP contribution >= 0.6 is 11.6 Å². The normalized spacial score (nSPS) is 23.0. The fraction of sp³-hybridized carbons (Fsp3) is 0.500. The summed E-state index contributed by atoms with van der Waals surface area (Å²) >= 11 is 5.96. The van der Waals surface area contributed by atoms with Crippen LogP contribution in [0, 0.1) is 12.8 Å². The predicted molar refractivity (Wildman–Crippen MR) is 60.1 cm³/mol. The lowest BCUT2D eigenvalue weighted by molar-refractivity contribution is 0.0918. The number of hydrogen-bond donors (Lipinski definition) is 1. The van der Waals surface area contributed by atoms with E-state index < -0.39 is 6.10 Å². The van der Waals surface area contributed by atoms with Crippen molar-refractivity contribution >= 4 is 11.6 Å². The van der Waals surface area contributed by atoms with Crippen LogP contribution in [0.15, 0.2) is 18.2 Å². The van der Waals surface area contributed by atoms with E-state index >= 15 is 0 Å². The van der Waals surface area contributed by atoms with Gasteiger partial charge in [0, 0.05) is 17.5 Å². The van der Waals surface area contributed by atoms with Crippen LogP contribution in [-0.4, -0.2) is 18.3 Å². The van der Waals surface area contributed by atoms with E-state index in [1.807, 2.05) is 25.1 Å². The lowest BCUT2D eigenvalue weighted by atomic mass is 9.94. The van der Waals surface area contributed by atoms with Gasteiger partial charge in [-0.05, 0) is 36.6 Å². The first kappa shape index (κ1) is 10.9. The van der Waals surface area contributed by atoms with Gasteiger partial charge in [0.05, 0.1) is 12.7 Å². The van der Waals surface area contributed by atoms with Gasteiger partial charge in [0.15, 0.2) is 0 Å². The summed E-state index contributed by atoms with van der Waals surface area (Å²) < 4.78 is 5.27. The van der Waals surface area contributed by atoms with Gasteiger partial charge in [-0.2, -0.15) is 0 Å². The van der Waals surface area contributed by atoms with Gasteiger partial charge in [-0.1, -0.05) is 17.7 Å². The van der Waals surface area contributed by atoms with Crippen molar-refractivity contribution in [2.45, 2.75) is 19.4 Å². The molecule has 0 aromatic heterocycles. The number of halogens is 1. The minimum atomic E-state index is -0.454. The molecule has 1 saturated heterocycles. The molecule has 1 fully saturated rings. The summed E-state index contributed by atoms with van der Waals surface area (Å²) in [4.78, 5) is 0. The Kier molecular flexibility index (Phi) is 3.29. The molecular weight excluding hydrogens is 212 g/mol. The maximum atomic E-state index is 10.1. The number of hydrogen-bond acceptors (Lipinski definition) is 2. The average molecular weight is 227 g/mol. The van der Waals surface area contributed by atoms with Crippen molar-refractivity contribution in [2.24, 2.45) is 5.92 Å². The van der Waals surface area contributed by atoms with Crippen molar-refractivity contribution in [2.75, 3.05) is 13.2 Å². The van der Waals surface area contributed by atoms with Crippen LogP contribution in [0.5, 0.6) is 0 Å². The van der Waals surface area contributed by atoms with Crippen LogP contribution in [0.2, 0.25) is 5.02 Å². The third-order valence-electron chi connectivity index (χ3n) is 2.82. The maximum Gasteiger partial charge on any atom is 0.0841 e. The van der Waals surface area contributed by atoms with Crippen molar-refractivity contribution in [1.82, 2.24) is 0 Å². The fourth-order valence-corrected chi connectivity index (χ4v) is 2.31. The largest absolute Gasteiger partial charge is 0.388 e. The number of aryl methyl sites for hydroxylation is 1. The number of aliphatic hydroxyl groups is 1. The number of rotatable bonds is 2. The van der Waals surface area contributed by atoms with Gasteiger partial charge < -0.3 is 9.84 Å². The van der Waals surface area contributed by atoms with Crippen molar-refractivity contribution in [1.29, 1.82) is 0 Å². The number of aliphatic hydroxyl groups excluding tert-OH is 1. The van der Waals surface area contributed by atoms with Gasteiger partial charge in [0.2, 0.25) is 0 Å². The van der Waals surface area contributed by atoms with Crippen molar-refractivity contribution in [3.63, 3.8) is 0 Å². The average Bonchev–Trinajstić information content (AvgIpc) is 2.67. The van der Waals surface area contributed by atoms with Crippen molar-refractivity contribution in [3.8, 4) is 0 Å². The molecule has 0 saturated carbocycles. The first-order valence-electron chi connectivity index (χ1n) is 5.20. The molecule has 2 rings (SSSR count).